The molecular formula is C25H33BrN2O4. The number of methoxy groups -OCH3 is 1. The molecule has 1 N–H and O–H groups in total. The van der Waals surface area contributed by atoms with Crippen molar-refractivity contribution in [3.63, 3.8) is 0 Å². The van der Waals surface area contributed by atoms with Crippen molar-refractivity contribution in [3.8, 4) is 11.5 Å². The first-order chi connectivity index (χ1) is 15.1. The number of hydrogen-bond donors (Lipinski definition) is 1. The number of nitrogens with one attached hydrogen (secondary N) is 1. The van der Waals surface area contributed by atoms with E-state index in [2.05, 4.69) is 35.1 Å². The predicted molar refractivity (Wildman–Crippen MR) is 130 cm³/mol. The molecule has 2 amide bonds. The summed E-state index contributed by atoms with van der Waals surface area (Å²) in [5.41, 5.74) is 2.07. The average Bonchev–Trinajstić information content (AvgIpc) is 2.75. The van der Waals surface area contributed by atoms with Crippen molar-refractivity contribution in [3.05, 3.63) is 58.1 Å². The average molecular weight is 505 g/mol. The smallest absolute Gasteiger partial charge is 0.261 e. The third-order valence-corrected chi connectivity index (χ3v) is 5.70. The third-order valence-electron chi connectivity index (χ3n) is 5.08. The number of ether oxygens (including phenoxy) is 2. The molecule has 0 bridgehead atoms. The van der Waals surface area contributed by atoms with Gasteiger partial charge in [-0.25, -0.2) is 0 Å². The molecule has 0 aromatic heterocycles. The largest absolute Gasteiger partial charge is 0.497 e. The van der Waals surface area contributed by atoms with Crippen LogP contribution in [0.1, 0.15) is 51.7 Å². The molecule has 6 nitrogen and oxygen atoms in total. The Morgan fingerprint density at radius 1 is 1.03 bits per heavy atom. The van der Waals surface area contributed by atoms with Gasteiger partial charge in [0.05, 0.1) is 11.6 Å². The maximum atomic E-state index is 13.1. The van der Waals surface area contributed by atoms with Gasteiger partial charge in [-0.15, -0.1) is 0 Å². The molecule has 32 heavy (non-hydrogen) atoms. The standard InChI is InChI=1S/C25H33BrN2O4/c1-16(2)20-9-12-23(22(26)13-20)32-15-24(29)28(18(5)25(30)27-17(3)4)14-19-7-10-21(31-6)11-8-19/h7-13,16-18H,14-15H2,1-6H3,(H,27,30)/t18-/m0/s1. The maximum absolute atomic E-state index is 13.1. The maximum Gasteiger partial charge on any atom is 0.261 e. The molecule has 0 saturated heterocycles. The Kier molecular flexibility index (Phi) is 9.57. The van der Waals surface area contributed by atoms with Crippen LogP contribution in [0.3, 0.4) is 0 Å². The summed E-state index contributed by atoms with van der Waals surface area (Å²) in [5, 5.41) is 2.88. The van der Waals surface area contributed by atoms with Crippen molar-refractivity contribution in [1.82, 2.24) is 10.2 Å². The summed E-state index contributed by atoms with van der Waals surface area (Å²) in [4.78, 5) is 27.3. The number of hydrogen-bond acceptors (Lipinski definition) is 4. The van der Waals surface area contributed by atoms with Crippen molar-refractivity contribution in [2.75, 3.05) is 13.7 Å². The number of carbonyl (C=O) groups is 2. The minimum Gasteiger partial charge on any atom is -0.497 e. The lowest BCUT2D eigenvalue weighted by Crippen LogP contribution is -2.50. The van der Waals surface area contributed by atoms with Crippen LogP contribution in [0.15, 0.2) is 46.9 Å². The van der Waals surface area contributed by atoms with E-state index in [1.807, 2.05) is 56.3 Å². The van der Waals surface area contributed by atoms with Crippen LogP contribution in [-0.4, -0.2) is 42.5 Å². The second-order valence-corrected chi connectivity index (χ2v) is 9.20. The van der Waals surface area contributed by atoms with Crippen LogP contribution >= 0.6 is 15.9 Å². The molecule has 0 heterocycles. The van der Waals surface area contributed by atoms with Gasteiger partial charge in [0, 0.05) is 12.6 Å². The van der Waals surface area contributed by atoms with E-state index in [1.54, 1.807) is 14.0 Å². The molecule has 0 spiro atoms. The molecule has 2 aromatic rings. The first kappa shape index (κ1) is 25.7. The van der Waals surface area contributed by atoms with Crippen molar-refractivity contribution in [1.29, 1.82) is 0 Å². The highest BCUT2D eigenvalue weighted by Gasteiger charge is 2.27. The molecule has 0 aliphatic heterocycles. The summed E-state index contributed by atoms with van der Waals surface area (Å²) in [5.74, 6) is 1.24. The van der Waals surface area contributed by atoms with Gasteiger partial charge >= 0.3 is 0 Å². The molecule has 0 aliphatic rings. The van der Waals surface area contributed by atoms with Gasteiger partial charge in [0.2, 0.25) is 5.91 Å². The number of rotatable bonds is 10. The van der Waals surface area contributed by atoms with E-state index in [1.165, 1.54) is 10.5 Å². The molecule has 1 atom stereocenters. The Morgan fingerprint density at radius 2 is 1.69 bits per heavy atom. The predicted octanol–water partition coefficient (Wildman–Crippen LogP) is 4.90. The van der Waals surface area contributed by atoms with E-state index < -0.39 is 6.04 Å². The van der Waals surface area contributed by atoms with Crippen molar-refractivity contribution >= 4 is 27.7 Å². The van der Waals surface area contributed by atoms with Crippen LogP contribution < -0.4 is 14.8 Å². The van der Waals surface area contributed by atoms with Crippen LogP contribution in [0, 0.1) is 0 Å². The van der Waals surface area contributed by atoms with Crippen molar-refractivity contribution in [2.45, 2.75) is 59.2 Å². The van der Waals surface area contributed by atoms with Crippen LogP contribution in [0.4, 0.5) is 0 Å². The number of carbonyl (C=O) groups excluding carboxylic acids is 2. The summed E-state index contributed by atoms with van der Waals surface area (Å²) < 4.78 is 11.8. The first-order valence-electron chi connectivity index (χ1n) is 10.8. The van der Waals surface area contributed by atoms with Crippen LogP contribution in [0.25, 0.3) is 0 Å². The molecule has 0 unspecified atom stereocenters. The SMILES string of the molecule is COc1ccc(CN(C(=O)COc2ccc(C(C)C)cc2Br)[C@@H](C)C(=O)NC(C)C)cc1. The second-order valence-electron chi connectivity index (χ2n) is 8.34. The quantitative estimate of drug-likeness (QED) is 0.499. The fraction of sp³-hybridized carbons (Fsp3) is 0.440. The Labute approximate surface area is 199 Å². The second kappa shape index (κ2) is 11.9. The fourth-order valence-corrected chi connectivity index (χ4v) is 3.64. The highest BCUT2D eigenvalue weighted by molar-refractivity contribution is 9.10. The fourth-order valence-electron chi connectivity index (χ4n) is 3.13. The Bertz CT molecular complexity index is 913. The van der Waals surface area contributed by atoms with E-state index >= 15 is 0 Å². The molecule has 0 fully saturated rings. The Balaban J connectivity index is 2.17. The summed E-state index contributed by atoms with van der Waals surface area (Å²) in [7, 11) is 1.60. The Morgan fingerprint density at radius 3 is 2.22 bits per heavy atom. The van der Waals surface area contributed by atoms with Gasteiger partial charge in [-0.05, 0) is 78.0 Å². The van der Waals surface area contributed by atoms with E-state index in [0.29, 0.717) is 11.7 Å². The summed E-state index contributed by atoms with van der Waals surface area (Å²) in [6.45, 7) is 9.86. The van der Waals surface area contributed by atoms with Crippen LogP contribution in [0.2, 0.25) is 0 Å². The van der Waals surface area contributed by atoms with E-state index in [9.17, 15) is 9.59 Å². The van der Waals surface area contributed by atoms with Crippen LogP contribution in [0.5, 0.6) is 11.5 Å². The molecule has 0 aliphatic carbocycles. The van der Waals surface area contributed by atoms with Gasteiger partial charge < -0.3 is 19.7 Å². The number of halogens is 1. The highest BCUT2D eigenvalue weighted by atomic mass is 79.9. The van der Waals surface area contributed by atoms with Gasteiger partial charge in [0.15, 0.2) is 6.61 Å². The topological polar surface area (TPSA) is 67.9 Å². The van der Waals surface area contributed by atoms with Crippen molar-refractivity contribution < 1.29 is 19.1 Å². The van der Waals surface area contributed by atoms with Crippen LogP contribution in [-0.2, 0) is 16.1 Å². The molecule has 2 rings (SSSR count). The first-order valence-corrected chi connectivity index (χ1v) is 11.6. The van der Waals surface area contributed by atoms with Gasteiger partial charge in [-0.3, -0.25) is 9.59 Å². The summed E-state index contributed by atoms with van der Waals surface area (Å²) in [6.07, 6.45) is 0. The molecule has 0 saturated carbocycles. The van der Waals surface area contributed by atoms with E-state index in [-0.39, 0.29) is 31.0 Å². The number of amides is 2. The molecule has 2 aromatic carbocycles. The van der Waals surface area contributed by atoms with Gasteiger partial charge in [-0.1, -0.05) is 32.0 Å². The summed E-state index contributed by atoms with van der Waals surface area (Å²) in [6, 6.07) is 12.6. The van der Waals surface area contributed by atoms with E-state index in [4.69, 9.17) is 9.47 Å². The minimum absolute atomic E-state index is 0.0189. The molecule has 7 heteroatoms. The lowest BCUT2D eigenvalue weighted by Gasteiger charge is -2.29. The summed E-state index contributed by atoms with van der Waals surface area (Å²) >= 11 is 3.52. The van der Waals surface area contributed by atoms with Gasteiger partial charge in [-0.2, -0.15) is 0 Å². The molecular weight excluding hydrogens is 472 g/mol. The van der Waals surface area contributed by atoms with Gasteiger partial charge in [0.25, 0.3) is 5.91 Å². The highest BCUT2D eigenvalue weighted by Crippen LogP contribution is 2.29. The third kappa shape index (κ3) is 7.26. The monoisotopic (exact) mass is 504 g/mol. The zero-order valence-corrected chi connectivity index (χ0v) is 21.2. The zero-order valence-electron chi connectivity index (χ0n) is 19.6. The molecule has 0 radical (unpaired) electrons. The number of benzene rings is 2. The number of nitrogens with zero attached hydrogens (tertiary/aromatic N) is 1. The lowest BCUT2D eigenvalue weighted by atomic mass is 10.0. The lowest BCUT2D eigenvalue weighted by molar-refractivity contribution is -0.142. The minimum atomic E-state index is -0.651. The molecule has 174 valence electrons. The zero-order chi connectivity index (χ0) is 23.8. The van der Waals surface area contributed by atoms with E-state index in [0.717, 1.165) is 15.8 Å². The van der Waals surface area contributed by atoms with Gasteiger partial charge in [0.1, 0.15) is 17.5 Å². The Hall–Kier alpha value is -2.54. The van der Waals surface area contributed by atoms with Crippen molar-refractivity contribution in [2.24, 2.45) is 0 Å². The normalized spacial score (nSPS) is 11.9.